The van der Waals surface area contributed by atoms with Crippen LogP contribution < -0.4 is 0 Å². The van der Waals surface area contributed by atoms with Crippen molar-refractivity contribution in [2.45, 2.75) is 52.4 Å². The molecule has 0 saturated heterocycles. The Bertz CT molecular complexity index is 114. The van der Waals surface area contributed by atoms with Gasteiger partial charge < -0.3 is 0 Å². The lowest BCUT2D eigenvalue weighted by molar-refractivity contribution is 0.820. The number of unbranched alkanes of at least 4 members (excludes halogenated alkanes) is 5. The minimum atomic E-state index is 1.05. The molecule has 0 N–H and O–H groups in total. The molecule has 0 saturated carbocycles. The van der Waals surface area contributed by atoms with E-state index in [2.05, 4.69) is 25.2 Å². The molecule has 0 aromatic heterocycles. The predicted octanol–water partition coefficient (Wildman–Crippen LogP) is 3.45. The molecule has 2 radical (unpaired) electrons. The van der Waals surface area contributed by atoms with Crippen LogP contribution in [0.5, 0.6) is 0 Å². The van der Waals surface area contributed by atoms with E-state index in [1.54, 1.807) is 0 Å². The maximum Gasteiger partial charge on any atom is 0.00888 e. The van der Waals surface area contributed by atoms with Gasteiger partial charge in [-0.1, -0.05) is 20.3 Å². The van der Waals surface area contributed by atoms with Crippen LogP contribution in [0.1, 0.15) is 52.4 Å². The second kappa shape index (κ2) is 9.56. The van der Waals surface area contributed by atoms with Gasteiger partial charge in [0.2, 0.25) is 0 Å². The summed E-state index contributed by atoms with van der Waals surface area (Å²) in [5.41, 5.74) is 0. The fraction of sp³-hybridized carbons (Fsp3) is 0.727. The van der Waals surface area contributed by atoms with E-state index in [-0.39, 0.29) is 0 Å². The Kier molecular flexibility index (Phi) is 9.18. The van der Waals surface area contributed by atoms with E-state index in [4.69, 9.17) is 0 Å². The molecule has 0 aromatic carbocycles. The van der Waals surface area contributed by atoms with Crippen LogP contribution in [0.15, 0.2) is 0 Å². The van der Waals surface area contributed by atoms with Crippen LogP contribution in [0.25, 0.3) is 0 Å². The summed E-state index contributed by atoms with van der Waals surface area (Å²) < 4.78 is 0. The summed E-state index contributed by atoms with van der Waals surface area (Å²) in [4.78, 5) is 0. The van der Waals surface area contributed by atoms with Crippen molar-refractivity contribution in [2.75, 3.05) is 0 Å². The summed E-state index contributed by atoms with van der Waals surface area (Å²) in [5, 5.41) is 0. The van der Waals surface area contributed by atoms with Gasteiger partial charge in [-0.3, -0.25) is 0 Å². The fourth-order valence-electron chi connectivity index (χ4n) is 0.795. The van der Waals surface area contributed by atoms with E-state index in [1.807, 2.05) is 6.92 Å². The largest absolute Gasteiger partial charge is 0.103 e. The molecule has 0 amide bonds. The van der Waals surface area contributed by atoms with Crippen molar-refractivity contribution < 1.29 is 0 Å². The molecular weight excluding hydrogens is 132 g/mol. The van der Waals surface area contributed by atoms with Crippen molar-refractivity contribution in [3.8, 4) is 11.8 Å². The minimum absolute atomic E-state index is 1.05. The zero-order valence-electron chi connectivity index (χ0n) is 7.74. The standard InChI is InChI=1S/C11H18/c1-3-5-7-9-11-10-8-6-4-2/h3,5-8,10H2,1-2H3. The Balaban J connectivity index is 2.99. The van der Waals surface area contributed by atoms with Gasteiger partial charge in [-0.25, -0.2) is 0 Å². The fourth-order valence-corrected chi connectivity index (χ4v) is 0.795. The van der Waals surface area contributed by atoms with Gasteiger partial charge >= 0.3 is 0 Å². The molecule has 0 rings (SSSR count). The van der Waals surface area contributed by atoms with E-state index in [0.29, 0.717) is 0 Å². The van der Waals surface area contributed by atoms with Crippen LogP contribution in [0.4, 0.5) is 0 Å². The van der Waals surface area contributed by atoms with Gasteiger partial charge in [0.25, 0.3) is 0 Å². The van der Waals surface area contributed by atoms with E-state index < -0.39 is 0 Å². The van der Waals surface area contributed by atoms with E-state index >= 15 is 0 Å². The lowest BCUT2D eigenvalue weighted by Gasteiger charge is -1.88. The molecule has 0 aliphatic carbocycles. The van der Waals surface area contributed by atoms with Gasteiger partial charge in [0.15, 0.2) is 0 Å². The van der Waals surface area contributed by atoms with Gasteiger partial charge in [0, 0.05) is 12.8 Å². The van der Waals surface area contributed by atoms with Crippen molar-refractivity contribution in [3.63, 3.8) is 0 Å². The molecule has 0 atom stereocenters. The molecule has 11 heavy (non-hydrogen) atoms. The van der Waals surface area contributed by atoms with Crippen molar-refractivity contribution in [2.24, 2.45) is 0 Å². The van der Waals surface area contributed by atoms with Crippen LogP contribution in [0.3, 0.4) is 0 Å². The molecule has 0 heteroatoms. The smallest absolute Gasteiger partial charge is 0.00888 e. The highest BCUT2D eigenvalue weighted by Crippen LogP contribution is 1.96. The van der Waals surface area contributed by atoms with Crippen molar-refractivity contribution in [1.29, 1.82) is 0 Å². The highest BCUT2D eigenvalue weighted by Gasteiger charge is 1.81. The first-order valence-corrected chi connectivity index (χ1v) is 4.52. The average Bonchev–Trinajstić information content (AvgIpc) is 2.03. The molecule has 0 nitrogen and oxygen atoms in total. The van der Waals surface area contributed by atoms with Gasteiger partial charge in [-0.2, -0.15) is 0 Å². The van der Waals surface area contributed by atoms with Crippen LogP contribution in [0.2, 0.25) is 0 Å². The minimum Gasteiger partial charge on any atom is -0.103 e. The summed E-state index contributed by atoms with van der Waals surface area (Å²) >= 11 is 0. The molecule has 0 bridgehead atoms. The number of hydrogen-bond acceptors (Lipinski definition) is 0. The van der Waals surface area contributed by atoms with Gasteiger partial charge in [0.1, 0.15) is 0 Å². The molecule has 0 aliphatic rings. The number of rotatable bonds is 5. The zero-order valence-corrected chi connectivity index (χ0v) is 7.74. The molecule has 0 unspecified atom stereocenters. The molecule has 0 aliphatic heterocycles. The quantitative estimate of drug-likeness (QED) is 0.416. The van der Waals surface area contributed by atoms with Crippen LogP contribution in [0, 0.1) is 18.3 Å². The topological polar surface area (TPSA) is 0 Å². The third-order valence-corrected chi connectivity index (χ3v) is 1.51. The van der Waals surface area contributed by atoms with Crippen molar-refractivity contribution in [1.82, 2.24) is 0 Å². The summed E-state index contributed by atoms with van der Waals surface area (Å²) in [6.07, 6.45) is 9.99. The second-order valence-corrected chi connectivity index (χ2v) is 2.66. The normalized spacial score (nSPS) is 8.91. The molecular formula is C11H18. The SMILES string of the molecule is C[C]CCCC#CCCCC. The van der Waals surface area contributed by atoms with Crippen LogP contribution in [-0.2, 0) is 0 Å². The zero-order chi connectivity index (χ0) is 8.36. The third kappa shape index (κ3) is 9.56. The van der Waals surface area contributed by atoms with E-state index in [0.717, 1.165) is 19.3 Å². The lowest BCUT2D eigenvalue weighted by Crippen LogP contribution is -1.72. The van der Waals surface area contributed by atoms with Crippen LogP contribution >= 0.6 is 0 Å². The Morgan fingerprint density at radius 2 is 1.55 bits per heavy atom. The monoisotopic (exact) mass is 150 g/mol. The Hall–Kier alpha value is -0.440. The molecule has 0 heterocycles. The summed E-state index contributed by atoms with van der Waals surface area (Å²) in [7, 11) is 0. The first-order valence-electron chi connectivity index (χ1n) is 4.52. The van der Waals surface area contributed by atoms with Gasteiger partial charge in [-0.05, 0) is 25.7 Å². The predicted molar refractivity (Wildman–Crippen MR) is 50.1 cm³/mol. The lowest BCUT2D eigenvalue weighted by atomic mass is 10.2. The van der Waals surface area contributed by atoms with E-state index in [9.17, 15) is 0 Å². The maximum atomic E-state index is 3.17. The molecule has 0 spiro atoms. The van der Waals surface area contributed by atoms with Gasteiger partial charge in [0.05, 0.1) is 0 Å². The highest BCUT2D eigenvalue weighted by atomic mass is 13.9. The van der Waals surface area contributed by atoms with Crippen LogP contribution in [-0.4, -0.2) is 0 Å². The Morgan fingerprint density at radius 1 is 0.909 bits per heavy atom. The van der Waals surface area contributed by atoms with E-state index in [1.165, 1.54) is 19.3 Å². The second-order valence-electron chi connectivity index (χ2n) is 2.66. The molecule has 62 valence electrons. The van der Waals surface area contributed by atoms with Crippen molar-refractivity contribution >= 4 is 0 Å². The third-order valence-electron chi connectivity index (χ3n) is 1.51. The van der Waals surface area contributed by atoms with Crippen molar-refractivity contribution in [3.05, 3.63) is 6.42 Å². The average molecular weight is 150 g/mol. The Morgan fingerprint density at radius 3 is 2.09 bits per heavy atom. The first kappa shape index (κ1) is 10.6. The first-order chi connectivity index (χ1) is 5.41. The highest BCUT2D eigenvalue weighted by molar-refractivity contribution is 4.98. The summed E-state index contributed by atoms with van der Waals surface area (Å²) in [6, 6.07) is 0. The summed E-state index contributed by atoms with van der Waals surface area (Å²) in [5.74, 6) is 6.33. The van der Waals surface area contributed by atoms with Gasteiger partial charge in [-0.15, -0.1) is 11.8 Å². The molecule has 0 fully saturated rings. The summed E-state index contributed by atoms with van der Waals surface area (Å²) in [6.45, 7) is 4.17. The molecule has 0 aromatic rings. The Labute approximate surface area is 71.4 Å². The number of hydrogen-bond donors (Lipinski definition) is 0. The maximum absolute atomic E-state index is 3.17.